The van der Waals surface area contributed by atoms with Crippen molar-refractivity contribution in [2.45, 2.75) is 32.4 Å². The molecule has 2 N–H and O–H groups in total. The van der Waals surface area contributed by atoms with Crippen molar-refractivity contribution in [3.63, 3.8) is 0 Å². The Morgan fingerprint density at radius 2 is 2.42 bits per heavy atom. The number of alkyl halides is 1. The first kappa shape index (κ1) is 10.7. The zero-order valence-electron chi connectivity index (χ0n) is 7.51. The molecule has 3 nitrogen and oxygen atoms in total. The molecule has 0 amide bonds. The molecule has 3 atom stereocenters. The normalized spacial score (nSPS) is 36.8. The molecule has 1 saturated heterocycles. The van der Waals surface area contributed by atoms with Crippen LogP contribution in [-0.4, -0.2) is 24.6 Å². The lowest BCUT2D eigenvalue weighted by molar-refractivity contribution is 0.191. The summed E-state index contributed by atoms with van der Waals surface area (Å²) >= 11 is 5.56. The first-order valence-corrected chi connectivity index (χ1v) is 6.04. The predicted molar refractivity (Wildman–Crippen MR) is 53.4 cm³/mol. The van der Waals surface area contributed by atoms with E-state index in [1.165, 1.54) is 0 Å². The number of nitrogens with one attached hydrogen (secondary N) is 2. The van der Waals surface area contributed by atoms with Gasteiger partial charge >= 0.3 is 0 Å². The highest BCUT2D eigenvalue weighted by Gasteiger charge is 2.23. The van der Waals surface area contributed by atoms with E-state index in [0.29, 0.717) is 18.0 Å². The van der Waals surface area contributed by atoms with Crippen LogP contribution in [0.1, 0.15) is 20.3 Å². The second-order valence-corrected chi connectivity index (χ2v) is 4.83. The van der Waals surface area contributed by atoms with Gasteiger partial charge < -0.3 is 4.52 Å². The van der Waals surface area contributed by atoms with Gasteiger partial charge in [-0.3, -0.25) is 10.2 Å². The first-order valence-electron chi connectivity index (χ1n) is 4.25. The molecule has 1 fully saturated rings. The molecule has 1 aliphatic rings. The number of hydrogen-bond donors (Lipinski definition) is 2. The minimum atomic E-state index is -0.641. The fourth-order valence-electron chi connectivity index (χ4n) is 1.23. The molecular weight excluding hydrogens is 195 g/mol. The Bertz CT molecular complexity index is 129. The lowest BCUT2D eigenvalue weighted by atomic mass is 10.2. The molecule has 0 radical (unpaired) electrons. The third-order valence-corrected chi connectivity index (χ3v) is 3.60. The van der Waals surface area contributed by atoms with Crippen LogP contribution in [0.3, 0.4) is 0 Å². The summed E-state index contributed by atoms with van der Waals surface area (Å²) in [5.41, 5.74) is 0. The van der Waals surface area contributed by atoms with E-state index < -0.39 is 8.45 Å². The van der Waals surface area contributed by atoms with E-state index in [9.17, 15) is 0 Å². The summed E-state index contributed by atoms with van der Waals surface area (Å²) in [5, 5.41) is 6.59. The molecule has 1 aliphatic heterocycles. The Labute approximate surface area is 80.1 Å². The highest BCUT2D eigenvalue weighted by molar-refractivity contribution is 7.48. The molecular formula is C7H16ClN2OP. The largest absolute Gasteiger partial charge is 0.328 e. The number of hydrogen-bond acceptors (Lipinski definition) is 3. The van der Waals surface area contributed by atoms with Crippen LogP contribution < -0.4 is 10.2 Å². The van der Waals surface area contributed by atoms with Crippen molar-refractivity contribution in [3.8, 4) is 0 Å². The molecule has 3 unspecified atom stereocenters. The van der Waals surface area contributed by atoms with E-state index in [1.54, 1.807) is 0 Å². The van der Waals surface area contributed by atoms with Crippen LogP contribution in [0, 0.1) is 0 Å². The van der Waals surface area contributed by atoms with Crippen molar-refractivity contribution in [1.82, 2.24) is 10.2 Å². The maximum absolute atomic E-state index is 5.64. The van der Waals surface area contributed by atoms with Crippen LogP contribution in [0.15, 0.2) is 0 Å². The molecule has 0 aliphatic carbocycles. The molecule has 5 heteroatoms. The second kappa shape index (κ2) is 5.36. The minimum Gasteiger partial charge on any atom is -0.328 e. The lowest BCUT2D eigenvalue weighted by Gasteiger charge is -2.32. The van der Waals surface area contributed by atoms with E-state index in [-0.39, 0.29) is 0 Å². The maximum Gasteiger partial charge on any atom is 0.182 e. The zero-order valence-corrected chi connectivity index (χ0v) is 9.16. The van der Waals surface area contributed by atoms with Gasteiger partial charge in [-0.15, -0.1) is 11.6 Å². The van der Waals surface area contributed by atoms with E-state index >= 15 is 0 Å². The molecule has 72 valence electrons. The molecule has 0 saturated carbocycles. The van der Waals surface area contributed by atoms with Gasteiger partial charge in [0.15, 0.2) is 8.45 Å². The lowest BCUT2D eigenvalue weighted by Crippen LogP contribution is -2.37. The van der Waals surface area contributed by atoms with E-state index in [2.05, 4.69) is 24.0 Å². The van der Waals surface area contributed by atoms with Crippen LogP contribution in [0.25, 0.3) is 0 Å². The average Bonchev–Trinajstić information content (AvgIpc) is 1.99. The Morgan fingerprint density at radius 3 is 3.00 bits per heavy atom. The molecule has 1 rings (SSSR count). The van der Waals surface area contributed by atoms with Crippen molar-refractivity contribution in [2.24, 2.45) is 0 Å². The SMILES string of the molecule is CC1CC(C)OP(NCCCl)N1. The predicted octanol–water partition coefficient (Wildman–Crippen LogP) is 1.83. The van der Waals surface area contributed by atoms with Crippen molar-refractivity contribution in [2.75, 3.05) is 12.4 Å². The van der Waals surface area contributed by atoms with E-state index in [1.807, 2.05) is 0 Å². The van der Waals surface area contributed by atoms with Gasteiger partial charge in [-0.05, 0) is 20.3 Å². The monoisotopic (exact) mass is 210 g/mol. The smallest absolute Gasteiger partial charge is 0.182 e. The summed E-state index contributed by atoms with van der Waals surface area (Å²) in [7, 11) is -0.641. The Balaban J connectivity index is 2.24. The molecule has 0 spiro atoms. The highest BCUT2D eigenvalue weighted by atomic mass is 35.5. The van der Waals surface area contributed by atoms with Crippen LogP contribution in [-0.2, 0) is 4.52 Å². The first-order chi connectivity index (χ1) is 5.72. The molecule has 12 heavy (non-hydrogen) atoms. The third kappa shape index (κ3) is 3.55. The van der Waals surface area contributed by atoms with Gasteiger partial charge in [0, 0.05) is 18.5 Å². The molecule has 1 heterocycles. The van der Waals surface area contributed by atoms with Crippen molar-refractivity contribution in [1.29, 1.82) is 0 Å². The third-order valence-electron chi connectivity index (χ3n) is 1.66. The van der Waals surface area contributed by atoms with Crippen LogP contribution in [0.2, 0.25) is 0 Å². The van der Waals surface area contributed by atoms with Gasteiger partial charge in [0.2, 0.25) is 0 Å². The van der Waals surface area contributed by atoms with Gasteiger partial charge in [0.25, 0.3) is 0 Å². The molecule has 0 aromatic carbocycles. The van der Waals surface area contributed by atoms with Crippen molar-refractivity contribution < 1.29 is 4.52 Å². The Hall–Kier alpha value is 0.600. The summed E-state index contributed by atoms with van der Waals surface area (Å²) in [4.78, 5) is 0. The van der Waals surface area contributed by atoms with Crippen LogP contribution in [0.4, 0.5) is 0 Å². The Morgan fingerprint density at radius 1 is 1.67 bits per heavy atom. The van der Waals surface area contributed by atoms with Crippen molar-refractivity contribution in [3.05, 3.63) is 0 Å². The molecule has 0 aromatic rings. The number of halogens is 1. The summed E-state index contributed by atoms with van der Waals surface area (Å²) in [5.74, 6) is 0.632. The van der Waals surface area contributed by atoms with Gasteiger partial charge in [-0.2, -0.15) is 0 Å². The molecule has 0 bridgehead atoms. The molecule has 0 aromatic heterocycles. The van der Waals surface area contributed by atoms with E-state index in [4.69, 9.17) is 16.1 Å². The van der Waals surface area contributed by atoms with Gasteiger partial charge in [0.1, 0.15) is 0 Å². The summed E-state index contributed by atoms with van der Waals surface area (Å²) < 4.78 is 5.64. The standard InChI is InChI=1S/C7H16ClN2OP/c1-6-5-7(2)11-12(10-6)9-4-3-8/h6-7,9-10H,3-5H2,1-2H3. The second-order valence-electron chi connectivity index (χ2n) is 3.07. The Kier molecular flexibility index (Phi) is 4.77. The van der Waals surface area contributed by atoms with E-state index in [0.717, 1.165) is 13.0 Å². The maximum atomic E-state index is 5.64. The fraction of sp³-hybridized carbons (Fsp3) is 1.00. The minimum absolute atomic E-state index is 0.357. The fourth-order valence-corrected chi connectivity index (χ4v) is 2.95. The van der Waals surface area contributed by atoms with Gasteiger partial charge in [0.05, 0.1) is 6.10 Å². The van der Waals surface area contributed by atoms with Crippen LogP contribution in [0.5, 0.6) is 0 Å². The summed E-state index contributed by atoms with van der Waals surface area (Å²) in [6, 6.07) is 0.544. The topological polar surface area (TPSA) is 33.3 Å². The summed E-state index contributed by atoms with van der Waals surface area (Å²) in [6.45, 7) is 5.09. The summed E-state index contributed by atoms with van der Waals surface area (Å²) in [6.07, 6.45) is 1.44. The van der Waals surface area contributed by atoms with Gasteiger partial charge in [-0.25, -0.2) is 0 Å². The zero-order chi connectivity index (χ0) is 8.97. The number of rotatable bonds is 3. The highest BCUT2D eigenvalue weighted by Crippen LogP contribution is 2.35. The average molecular weight is 211 g/mol. The van der Waals surface area contributed by atoms with Crippen LogP contribution >= 0.6 is 20.1 Å². The quantitative estimate of drug-likeness (QED) is 0.551. The van der Waals surface area contributed by atoms with Crippen molar-refractivity contribution >= 4 is 20.1 Å². The van der Waals surface area contributed by atoms with Gasteiger partial charge in [-0.1, -0.05) is 0 Å².